The largest absolute Gasteiger partial charge is 1.00 e. The Balaban J connectivity index is 0.00000169. The van der Waals surface area contributed by atoms with Gasteiger partial charge in [0.25, 0.3) is 0 Å². The molecule has 0 radical (unpaired) electrons. The average Bonchev–Trinajstić information content (AvgIpc) is 2.90. The number of aromatic nitrogens is 2. The van der Waals surface area contributed by atoms with Crippen molar-refractivity contribution in [2.24, 2.45) is 0 Å². The third kappa shape index (κ3) is 2.83. The van der Waals surface area contributed by atoms with Crippen molar-refractivity contribution in [2.45, 2.75) is 6.54 Å². The van der Waals surface area contributed by atoms with E-state index in [1.807, 2.05) is 24.4 Å². The Labute approximate surface area is 154 Å². The highest BCUT2D eigenvalue weighted by atomic mass is 79.9. The van der Waals surface area contributed by atoms with Crippen LogP contribution in [0.2, 0.25) is 0 Å². The predicted molar refractivity (Wildman–Crippen MR) is 93.8 cm³/mol. The van der Waals surface area contributed by atoms with Crippen molar-refractivity contribution in [1.29, 1.82) is 0 Å². The van der Waals surface area contributed by atoms with Crippen LogP contribution in [0.25, 0.3) is 21.1 Å². The number of hydrogen-bond donors (Lipinski definition) is 1. The molecule has 0 aliphatic heterocycles. The van der Waals surface area contributed by atoms with Crippen molar-refractivity contribution in [3.8, 4) is 5.75 Å². The van der Waals surface area contributed by atoms with Crippen molar-refractivity contribution < 1.29 is 26.3 Å². The number of nitrogen functional groups attached to an aromatic ring is 1. The first-order valence-corrected chi connectivity index (χ1v) is 8.16. The number of benzene rings is 2. The number of nitrogens with zero attached hydrogens (tertiary/aromatic N) is 2. The van der Waals surface area contributed by atoms with E-state index in [1.165, 1.54) is 0 Å². The Morgan fingerprint density at radius 1 is 1.17 bits per heavy atom. The lowest BCUT2D eigenvalue weighted by atomic mass is 10.1. The minimum atomic E-state index is 0. The fourth-order valence-corrected chi connectivity index (χ4v) is 3.80. The highest BCUT2D eigenvalue weighted by Crippen LogP contribution is 2.27. The highest BCUT2D eigenvalue weighted by molar-refractivity contribution is 7.21. The average molecular weight is 402 g/mol. The van der Waals surface area contributed by atoms with E-state index in [2.05, 4.69) is 39.9 Å². The summed E-state index contributed by atoms with van der Waals surface area (Å²) in [4.78, 5) is 4.53. The minimum absolute atomic E-state index is 0. The van der Waals surface area contributed by atoms with Crippen molar-refractivity contribution in [3.05, 3.63) is 60.3 Å². The summed E-state index contributed by atoms with van der Waals surface area (Å²) in [7, 11) is 1.67. The van der Waals surface area contributed by atoms with Crippen molar-refractivity contribution in [1.82, 2.24) is 4.98 Å². The van der Waals surface area contributed by atoms with Gasteiger partial charge in [0, 0.05) is 23.2 Å². The van der Waals surface area contributed by atoms with Crippen molar-refractivity contribution >= 4 is 37.6 Å². The predicted octanol–water partition coefficient (Wildman–Crippen LogP) is 0.380. The van der Waals surface area contributed by atoms with Crippen LogP contribution in [0.5, 0.6) is 5.75 Å². The topological polar surface area (TPSA) is 52.0 Å². The monoisotopic (exact) mass is 401 g/mol. The molecule has 0 bridgehead atoms. The molecule has 0 amide bonds. The van der Waals surface area contributed by atoms with Crippen LogP contribution >= 0.6 is 11.3 Å². The summed E-state index contributed by atoms with van der Waals surface area (Å²) in [5.74, 6) is 0.845. The van der Waals surface area contributed by atoms with Gasteiger partial charge in [-0.25, -0.2) is 4.57 Å². The number of thiazole rings is 1. The fraction of sp³-hybridized carbons (Fsp3) is 0.111. The molecular weight excluding hydrogens is 386 g/mol. The molecule has 4 nitrogen and oxygen atoms in total. The van der Waals surface area contributed by atoms with Gasteiger partial charge in [0.05, 0.1) is 17.3 Å². The van der Waals surface area contributed by atoms with Crippen LogP contribution in [0.15, 0.2) is 54.7 Å². The van der Waals surface area contributed by atoms with E-state index in [4.69, 9.17) is 10.5 Å². The maximum absolute atomic E-state index is 6.26. The second-order valence-electron chi connectivity index (χ2n) is 5.35. The van der Waals surface area contributed by atoms with Crippen LogP contribution in [-0.2, 0) is 6.54 Å². The number of nitrogens with two attached hydrogens (primary N) is 1. The molecule has 2 aromatic heterocycles. The molecular formula is C18H16BrN3OS. The molecule has 0 fully saturated rings. The van der Waals surface area contributed by atoms with Crippen LogP contribution in [0.4, 0.5) is 5.13 Å². The molecule has 2 N–H and O–H groups in total. The van der Waals surface area contributed by atoms with Crippen LogP contribution in [0.1, 0.15) is 5.56 Å². The van der Waals surface area contributed by atoms with Crippen LogP contribution in [-0.4, -0.2) is 12.1 Å². The number of para-hydroxylation sites is 1. The molecule has 4 aromatic rings. The zero-order chi connectivity index (χ0) is 15.8. The number of anilines is 1. The van der Waals surface area contributed by atoms with Gasteiger partial charge in [-0.3, -0.25) is 10.7 Å². The maximum atomic E-state index is 6.26. The van der Waals surface area contributed by atoms with Crippen molar-refractivity contribution in [2.75, 3.05) is 12.8 Å². The molecule has 0 atom stereocenters. The van der Waals surface area contributed by atoms with E-state index in [9.17, 15) is 0 Å². The number of hydrogen-bond acceptors (Lipinski definition) is 4. The number of halogens is 1. The molecule has 0 unspecified atom stereocenters. The van der Waals surface area contributed by atoms with Gasteiger partial charge >= 0.3 is 5.13 Å². The second-order valence-corrected chi connectivity index (χ2v) is 6.41. The molecule has 0 spiro atoms. The number of ether oxygens (including phenoxy) is 1. The Bertz CT molecular complexity index is 1010. The van der Waals surface area contributed by atoms with E-state index in [0.717, 1.165) is 37.6 Å². The Morgan fingerprint density at radius 2 is 2.00 bits per heavy atom. The third-order valence-electron chi connectivity index (χ3n) is 3.98. The van der Waals surface area contributed by atoms with E-state index in [0.29, 0.717) is 6.54 Å². The second kappa shape index (κ2) is 6.75. The molecule has 2 heterocycles. The summed E-state index contributed by atoms with van der Waals surface area (Å²) >= 11 is 1.57. The molecule has 4 rings (SSSR count). The number of methoxy groups -OCH3 is 1. The molecule has 0 saturated carbocycles. The van der Waals surface area contributed by atoms with E-state index in [1.54, 1.807) is 18.4 Å². The highest BCUT2D eigenvalue weighted by Gasteiger charge is 2.17. The number of fused-ring (bicyclic) bond motifs is 2. The van der Waals surface area contributed by atoms with Crippen LogP contribution in [0, 0.1) is 0 Å². The van der Waals surface area contributed by atoms with E-state index < -0.39 is 0 Å². The van der Waals surface area contributed by atoms with E-state index in [-0.39, 0.29) is 17.0 Å². The standard InChI is InChI=1S/C18H15N3OS.BrH/c1-22-14-7-8-15-16(10-14)23-18(19)21(15)11-13-5-2-4-12-6-3-9-20-17(12)13;/h2-10,19H,11H2,1H3;1H. The lowest BCUT2D eigenvalue weighted by Gasteiger charge is -2.05. The normalized spacial score (nSPS) is 10.7. The van der Waals surface area contributed by atoms with E-state index >= 15 is 0 Å². The first-order valence-electron chi connectivity index (χ1n) is 7.35. The fourth-order valence-electron chi connectivity index (χ4n) is 2.84. The van der Waals surface area contributed by atoms with Gasteiger partial charge in [-0.15, -0.1) is 0 Å². The summed E-state index contributed by atoms with van der Waals surface area (Å²) in [6.45, 7) is 0.701. The van der Waals surface area contributed by atoms with Crippen molar-refractivity contribution in [3.63, 3.8) is 0 Å². The maximum Gasteiger partial charge on any atom is 0.333 e. The molecule has 0 aliphatic rings. The Kier molecular flexibility index (Phi) is 4.69. The molecule has 122 valence electrons. The lowest BCUT2D eigenvalue weighted by molar-refractivity contribution is -0.643. The third-order valence-corrected chi connectivity index (χ3v) is 4.96. The molecule has 24 heavy (non-hydrogen) atoms. The zero-order valence-corrected chi connectivity index (χ0v) is 15.5. The van der Waals surface area contributed by atoms with Gasteiger partial charge in [-0.2, -0.15) is 0 Å². The zero-order valence-electron chi connectivity index (χ0n) is 13.1. The van der Waals surface area contributed by atoms with Crippen LogP contribution in [0.3, 0.4) is 0 Å². The van der Waals surface area contributed by atoms with Gasteiger partial charge in [-0.1, -0.05) is 24.3 Å². The SMILES string of the molecule is COc1ccc2c(c1)sc(N)[n+]2Cc1cccc2cccnc12.[Br-]. The van der Waals surface area contributed by atoms with Gasteiger partial charge in [-0.05, 0) is 29.5 Å². The summed E-state index contributed by atoms with van der Waals surface area (Å²) in [5, 5.41) is 1.92. The first-order chi connectivity index (χ1) is 11.3. The molecule has 0 aliphatic carbocycles. The quantitative estimate of drug-likeness (QED) is 0.505. The summed E-state index contributed by atoms with van der Waals surface area (Å²) in [6.07, 6.45) is 1.83. The molecule has 0 saturated heterocycles. The smallest absolute Gasteiger partial charge is 0.333 e. The van der Waals surface area contributed by atoms with Gasteiger partial charge in [0.1, 0.15) is 17.8 Å². The minimum Gasteiger partial charge on any atom is -1.00 e. The Hall–Kier alpha value is -2.18. The number of rotatable bonds is 3. The molecule has 2 aromatic carbocycles. The Morgan fingerprint density at radius 3 is 2.83 bits per heavy atom. The summed E-state index contributed by atoms with van der Waals surface area (Å²) in [5.41, 5.74) is 9.55. The number of pyridine rings is 1. The summed E-state index contributed by atoms with van der Waals surface area (Å²) in [6, 6.07) is 16.3. The first kappa shape index (κ1) is 16.7. The summed E-state index contributed by atoms with van der Waals surface area (Å²) < 4.78 is 8.54. The van der Waals surface area contributed by atoms with Crippen LogP contribution < -0.4 is 32.0 Å². The molecule has 6 heteroatoms. The lowest BCUT2D eigenvalue weighted by Crippen LogP contribution is -3.00. The van der Waals surface area contributed by atoms with Gasteiger partial charge in [0.2, 0.25) is 0 Å². The van der Waals surface area contributed by atoms with Gasteiger partial charge in [0.15, 0.2) is 0 Å². The van der Waals surface area contributed by atoms with Gasteiger partial charge < -0.3 is 21.7 Å².